The summed E-state index contributed by atoms with van der Waals surface area (Å²) in [5, 5.41) is 9.25. The molecular weight excluding hydrogens is 220 g/mol. The Balaban J connectivity index is 1.70. The Morgan fingerprint density at radius 1 is 1.41 bits per heavy atom. The van der Waals surface area contributed by atoms with E-state index in [0.717, 1.165) is 0 Å². The summed E-state index contributed by atoms with van der Waals surface area (Å²) < 4.78 is 10.4. The van der Waals surface area contributed by atoms with E-state index in [1.54, 1.807) is 24.3 Å². The molecule has 4 heteroatoms. The van der Waals surface area contributed by atoms with E-state index >= 15 is 0 Å². The van der Waals surface area contributed by atoms with Crippen molar-refractivity contribution in [3.63, 3.8) is 0 Å². The van der Waals surface area contributed by atoms with E-state index in [0.29, 0.717) is 31.6 Å². The van der Waals surface area contributed by atoms with Crippen molar-refractivity contribution in [2.45, 2.75) is 25.0 Å². The van der Waals surface area contributed by atoms with Gasteiger partial charge in [0, 0.05) is 12.8 Å². The smallest absolute Gasteiger partial charge is 0.338 e. The van der Waals surface area contributed by atoms with Crippen LogP contribution in [0.1, 0.15) is 23.2 Å². The van der Waals surface area contributed by atoms with Crippen LogP contribution in [0.2, 0.25) is 0 Å². The van der Waals surface area contributed by atoms with Crippen LogP contribution in [0.25, 0.3) is 0 Å². The molecule has 1 saturated heterocycles. The van der Waals surface area contributed by atoms with Gasteiger partial charge in [0.15, 0.2) is 0 Å². The number of hydrogen-bond donors (Lipinski definition) is 1. The molecule has 92 valence electrons. The van der Waals surface area contributed by atoms with E-state index in [-0.39, 0.29) is 18.2 Å². The number of ether oxygens (including phenoxy) is 2. The summed E-state index contributed by atoms with van der Waals surface area (Å²) in [6.45, 7) is 0.711. The van der Waals surface area contributed by atoms with Gasteiger partial charge >= 0.3 is 5.97 Å². The fourth-order valence-electron chi connectivity index (χ4n) is 1.83. The lowest BCUT2D eigenvalue weighted by Crippen LogP contribution is -2.13. The minimum Gasteiger partial charge on any atom is -0.462 e. The molecule has 0 aromatic heterocycles. The molecule has 0 amide bonds. The van der Waals surface area contributed by atoms with Gasteiger partial charge in [-0.05, 0) is 12.1 Å². The molecule has 17 heavy (non-hydrogen) atoms. The number of esters is 1. The normalized spacial score (nSPS) is 23.6. The first-order chi connectivity index (χ1) is 8.25. The van der Waals surface area contributed by atoms with E-state index in [1.165, 1.54) is 0 Å². The molecule has 4 nitrogen and oxygen atoms in total. The van der Waals surface area contributed by atoms with Gasteiger partial charge in [-0.15, -0.1) is 0 Å². The third-order valence-electron chi connectivity index (χ3n) is 2.74. The fourth-order valence-corrected chi connectivity index (χ4v) is 1.83. The van der Waals surface area contributed by atoms with E-state index in [9.17, 15) is 9.90 Å². The third kappa shape index (κ3) is 3.54. The van der Waals surface area contributed by atoms with E-state index < -0.39 is 0 Å². The molecular formula is C13H16O4. The zero-order chi connectivity index (χ0) is 12.1. The van der Waals surface area contributed by atoms with E-state index in [2.05, 4.69) is 0 Å². The van der Waals surface area contributed by atoms with Gasteiger partial charge in [-0.3, -0.25) is 0 Å². The summed E-state index contributed by atoms with van der Waals surface area (Å²) in [5.74, 6) is -0.316. The van der Waals surface area contributed by atoms with Crippen LogP contribution in [0.15, 0.2) is 30.3 Å². The quantitative estimate of drug-likeness (QED) is 0.802. The SMILES string of the molecule is O=C(OCC[C@H]1C[C@H](O)CO1)c1ccccc1. The molecule has 1 aromatic carbocycles. The fraction of sp³-hybridized carbons (Fsp3) is 0.462. The van der Waals surface area contributed by atoms with Crippen LogP contribution in [0.5, 0.6) is 0 Å². The van der Waals surface area contributed by atoms with Crippen molar-refractivity contribution in [1.82, 2.24) is 0 Å². The lowest BCUT2D eigenvalue weighted by molar-refractivity contribution is 0.0372. The van der Waals surface area contributed by atoms with Crippen LogP contribution in [0.3, 0.4) is 0 Å². The number of carbonyl (C=O) groups is 1. The predicted octanol–water partition coefficient (Wildman–Crippen LogP) is 1.38. The minimum absolute atomic E-state index is 0.00794. The number of carbonyl (C=O) groups excluding carboxylic acids is 1. The lowest BCUT2D eigenvalue weighted by Gasteiger charge is -2.09. The Kier molecular flexibility index (Phi) is 4.12. The van der Waals surface area contributed by atoms with E-state index in [1.807, 2.05) is 6.07 Å². The molecule has 0 radical (unpaired) electrons. The second-order valence-corrected chi connectivity index (χ2v) is 4.14. The molecule has 1 aromatic rings. The van der Waals surface area contributed by atoms with Gasteiger partial charge < -0.3 is 14.6 Å². The third-order valence-corrected chi connectivity index (χ3v) is 2.74. The summed E-state index contributed by atoms with van der Waals surface area (Å²) >= 11 is 0. The highest BCUT2D eigenvalue weighted by Gasteiger charge is 2.23. The van der Waals surface area contributed by atoms with Crippen molar-refractivity contribution in [3.8, 4) is 0 Å². The molecule has 1 aliphatic heterocycles. The van der Waals surface area contributed by atoms with Gasteiger partial charge in [-0.1, -0.05) is 18.2 Å². The van der Waals surface area contributed by atoms with Crippen LogP contribution >= 0.6 is 0 Å². The molecule has 0 saturated carbocycles. The maximum Gasteiger partial charge on any atom is 0.338 e. The average Bonchev–Trinajstić information content (AvgIpc) is 2.76. The van der Waals surface area contributed by atoms with Gasteiger partial charge in [-0.2, -0.15) is 0 Å². The van der Waals surface area contributed by atoms with Crippen molar-refractivity contribution in [1.29, 1.82) is 0 Å². The Labute approximate surface area is 100 Å². The first-order valence-corrected chi connectivity index (χ1v) is 5.77. The summed E-state index contributed by atoms with van der Waals surface area (Å²) in [4.78, 5) is 11.6. The van der Waals surface area contributed by atoms with Crippen molar-refractivity contribution >= 4 is 5.97 Å². The van der Waals surface area contributed by atoms with Gasteiger partial charge in [-0.25, -0.2) is 4.79 Å². The van der Waals surface area contributed by atoms with Crippen LogP contribution in [-0.2, 0) is 9.47 Å². The topological polar surface area (TPSA) is 55.8 Å². The highest BCUT2D eigenvalue weighted by molar-refractivity contribution is 5.89. The largest absolute Gasteiger partial charge is 0.462 e. The zero-order valence-electron chi connectivity index (χ0n) is 9.54. The number of aliphatic hydroxyl groups excluding tert-OH is 1. The monoisotopic (exact) mass is 236 g/mol. The maximum absolute atomic E-state index is 11.6. The molecule has 2 rings (SSSR count). The van der Waals surface area contributed by atoms with Crippen molar-refractivity contribution in [2.75, 3.05) is 13.2 Å². The Morgan fingerprint density at radius 3 is 2.82 bits per heavy atom. The number of aliphatic hydroxyl groups is 1. The molecule has 0 aliphatic carbocycles. The molecule has 0 bridgehead atoms. The molecule has 1 heterocycles. The minimum atomic E-state index is -0.371. The summed E-state index contributed by atoms with van der Waals surface area (Å²) in [6.07, 6.45) is 0.900. The van der Waals surface area contributed by atoms with Gasteiger partial charge in [0.05, 0.1) is 31.0 Å². The molecule has 0 spiro atoms. The first-order valence-electron chi connectivity index (χ1n) is 5.77. The summed E-state index contributed by atoms with van der Waals surface area (Å²) in [5.41, 5.74) is 0.555. The zero-order valence-corrected chi connectivity index (χ0v) is 9.54. The van der Waals surface area contributed by atoms with Crippen LogP contribution in [0.4, 0.5) is 0 Å². The molecule has 1 aliphatic rings. The Morgan fingerprint density at radius 2 is 2.18 bits per heavy atom. The highest BCUT2D eigenvalue weighted by atomic mass is 16.5. The second kappa shape index (κ2) is 5.80. The Bertz CT molecular complexity index is 363. The molecule has 1 fully saturated rings. The molecule has 0 unspecified atom stereocenters. The highest BCUT2D eigenvalue weighted by Crippen LogP contribution is 2.16. The van der Waals surface area contributed by atoms with Crippen LogP contribution in [0, 0.1) is 0 Å². The van der Waals surface area contributed by atoms with Gasteiger partial charge in [0.2, 0.25) is 0 Å². The summed E-state index contributed by atoms with van der Waals surface area (Å²) in [7, 11) is 0. The maximum atomic E-state index is 11.6. The molecule has 2 atom stereocenters. The lowest BCUT2D eigenvalue weighted by atomic mass is 10.1. The van der Waals surface area contributed by atoms with Crippen LogP contribution < -0.4 is 0 Å². The first kappa shape index (κ1) is 12.1. The standard InChI is InChI=1S/C13H16O4/c14-11-8-12(17-9-11)6-7-16-13(15)10-4-2-1-3-5-10/h1-5,11-12,14H,6-9H2/t11-,12-/m0/s1. The Hall–Kier alpha value is -1.39. The molecule has 1 N–H and O–H groups in total. The number of benzene rings is 1. The summed E-state index contributed by atoms with van der Waals surface area (Å²) in [6, 6.07) is 8.89. The number of rotatable bonds is 4. The number of hydrogen-bond acceptors (Lipinski definition) is 4. The average molecular weight is 236 g/mol. The van der Waals surface area contributed by atoms with Crippen molar-refractivity contribution in [3.05, 3.63) is 35.9 Å². The van der Waals surface area contributed by atoms with E-state index in [4.69, 9.17) is 9.47 Å². The van der Waals surface area contributed by atoms with Crippen molar-refractivity contribution < 1.29 is 19.4 Å². The van der Waals surface area contributed by atoms with Gasteiger partial charge in [0.25, 0.3) is 0 Å². The predicted molar refractivity (Wildman–Crippen MR) is 61.7 cm³/mol. The second-order valence-electron chi connectivity index (χ2n) is 4.14. The van der Waals surface area contributed by atoms with Crippen LogP contribution in [-0.4, -0.2) is 36.5 Å². The van der Waals surface area contributed by atoms with Crippen molar-refractivity contribution in [2.24, 2.45) is 0 Å². The van der Waals surface area contributed by atoms with Gasteiger partial charge in [0.1, 0.15) is 0 Å².